The smallest absolute Gasteiger partial charge is 0.268 e. The van der Waals surface area contributed by atoms with Gasteiger partial charge in [0.25, 0.3) is 5.91 Å². The van der Waals surface area contributed by atoms with Crippen molar-refractivity contribution in [3.63, 3.8) is 0 Å². The number of rotatable bonds is 1. The van der Waals surface area contributed by atoms with Crippen LogP contribution in [0.3, 0.4) is 0 Å². The maximum Gasteiger partial charge on any atom is 0.273 e. The molecule has 1 aromatic carbocycles. The van der Waals surface area contributed by atoms with Gasteiger partial charge in [-0.15, -0.1) is 0 Å². The van der Waals surface area contributed by atoms with E-state index in [0.717, 1.165) is 5.56 Å². The lowest BCUT2D eigenvalue weighted by Crippen LogP contribution is -2.12. The summed E-state index contributed by atoms with van der Waals surface area (Å²) in [6, 6.07) is 7.29. The highest BCUT2D eigenvalue weighted by Crippen LogP contribution is 2.15. The molecule has 0 aromatic heterocycles. The molecule has 0 aliphatic carbocycles. The summed E-state index contributed by atoms with van der Waals surface area (Å²) in [6.07, 6.45) is 1.76. The van der Waals surface area contributed by atoms with Crippen molar-refractivity contribution >= 4 is 23.6 Å². The van der Waals surface area contributed by atoms with Gasteiger partial charge in [-0.3, -0.25) is 9.63 Å². The first-order valence-corrected chi connectivity index (χ1v) is 4.52. The average Bonchev–Trinajstić information content (AvgIpc) is 2.52. The van der Waals surface area contributed by atoms with Gasteiger partial charge in [0.2, 0.25) is 0 Å². The Kier molecular flexibility index (Phi) is 2.52. The summed E-state index contributed by atoms with van der Waals surface area (Å²) >= 11 is 5.81. The minimum atomic E-state index is -0.190. The predicted octanol–water partition coefficient (Wildman–Crippen LogP) is 1.78. The van der Waals surface area contributed by atoms with Gasteiger partial charge in [0.05, 0.1) is 0 Å². The second-order valence-corrected chi connectivity index (χ2v) is 3.38. The lowest BCUT2D eigenvalue weighted by Gasteiger charge is -1.95. The molecule has 0 saturated carbocycles. The number of carbonyl (C=O) groups excluding carboxylic acids is 1. The fourth-order valence-electron chi connectivity index (χ4n) is 1.22. The van der Waals surface area contributed by atoms with Crippen LogP contribution < -0.4 is 5.48 Å². The Morgan fingerprint density at radius 1 is 1.50 bits per heavy atom. The van der Waals surface area contributed by atoms with Crippen molar-refractivity contribution in [3.05, 3.63) is 40.4 Å². The highest BCUT2D eigenvalue weighted by atomic mass is 35.5. The first kappa shape index (κ1) is 9.24. The second-order valence-electron chi connectivity index (χ2n) is 2.94. The van der Waals surface area contributed by atoms with Gasteiger partial charge in [0, 0.05) is 10.6 Å². The maximum absolute atomic E-state index is 11.1. The molecule has 4 heteroatoms. The normalized spacial score (nSPS) is 18.6. The van der Waals surface area contributed by atoms with Gasteiger partial charge >= 0.3 is 0 Å². The number of amides is 1. The van der Waals surface area contributed by atoms with Crippen molar-refractivity contribution in [1.82, 2.24) is 5.48 Å². The molecule has 1 N–H and O–H groups in total. The van der Waals surface area contributed by atoms with Crippen LogP contribution in [0, 0.1) is 0 Å². The van der Waals surface area contributed by atoms with Crippen LogP contribution in [-0.2, 0) is 9.63 Å². The Hall–Kier alpha value is -1.32. The van der Waals surface area contributed by atoms with Gasteiger partial charge in [-0.25, -0.2) is 5.48 Å². The van der Waals surface area contributed by atoms with Crippen LogP contribution >= 0.6 is 11.6 Å². The summed E-state index contributed by atoms with van der Waals surface area (Å²) < 4.78 is 0. The lowest BCUT2D eigenvalue weighted by molar-refractivity contribution is -0.122. The minimum Gasteiger partial charge on any atom is -0.268 e. The molecule has 1 aliphatic heterocycles. The van der Waals surface area contributed by atoms with Crippen LogP contribution in [0.25, 0.3) is 6.08 Å². The largest absolute Gasteiger partial charge is 0.273 e. The van der Waals surface area contributed by atoms with Crippen LogP contribution in [0.2, 0.25) is 5.02 Å². The van der Waals surface area contributed by atoms with Gasteiger partial charge in [-0.2, -0.15) is 0 Å². The molecule has 1 amide bonds. The fraction of sp³-hybridized carbons (Fsp3) is 0.100. The summed E-state index contributed by atoms with van der Waals surface area (Å²) in [4.78, 5) is 15.9. The molecule has 0 radical (unpaired) electrons. The molecule has 1 aliphatic rings. The molecule has 1 heterocycles. The molecule has 3 nitrogen and oxygen atoms in total. The molecule has 1 aromatic rings. The number of hydroxylamine groups is 1. The van der Waals surface area contributed by atoms with Crippen LogP contribution in [0.5, 0.6) is 0 Å². The van der Waals surface area contributed by atoms with Gasteiger partial charge in [0.15, 0.2) is 0 Å². The van der Waals surface area contributed by atoms with E-state index >= 15 is 0 Å². The maximum atomic E-state index is 11.1. The van der Waals surface area contributed by atoms with E-state index in [1.54, 1.807) is 18.2 Å². The summed E-state index contributed by atoms with van der Waals surface area (Å²) in [7, 11) is 0. The Balaban J connectivity index is 2.28. The summed E-state index contributed by atoms with van der Waals surface area (Å²) in [5.74, 6) is -0.190. The number of halogens is 1. The molecule has 14 heavy (non-hydrogen) atoms. The molecule has 0 unspecified atom stereocenters. The van der Waals surface area contributed by atoms with E-state index in [2.05, 4.69) is 5.48 Å². The third kappa shape index (κ3) is 1.95. The van der Waals surface area contributed by atoms with E-state index in [4.69, 9.17) is 16.4 Å². The fourth-order valence-corrected chi connectivity index (χ4v) is 1.41. The SMILES string of the molecule is O=C1NOCC1=Cc1cccc(Cl)c1. The molecule has 0 spiro atoms. The van der Waals surface area contributed by atoms with Gasteiger partial charge in [-0.05, 0) is 23.8 Å². The monoisotopic (exact) mass is 209 g/mol. The van der Waals surface area contributed by atoms with E-state index in [0.29, 0.717) is 17.2 Å². The van der Waals surface area contributed by atoms with Gasteiger partial charge < -0.3 is 0 Å². The van der Waals surface area contributed by atoms with Crippen molar-refractivity contribution < 1.29 is 9.63 Å². The van der Waals surface area contributed by atoms with Gasteiger partial charge in [0.1, 0.15) is 6.61 Å². The first-order chi connectivity index (χ1) is 6.75. The van der Waals surface area contributed by atoms with Crippen molar-refractivity contribution in [2.75, 3.05) is 6.61 Å². The topological polar surface area (TPSA) is 38.3 Å². The molecule has 1 fully saturated rings. The standard InChI is InChI=1S/C10H8ClNO2/c11-9-3-1-2-7(5-9)4-8-6-14-12-10(8)13/h1-5H,6H2,(H,12,13). The van der Waals surface area contributed by atoms with Crippen molar-refractivity contribution in [3.8, 4) is 0 Å². The lowest BCUT2D eigenvalue weighted by atomic mass is 10.1. The van der Waals surface area contributed by atoms with Crippen LogP contribution in [0.15, 0.2) is 29.8 Å². The molecule has 2 rings (SSSR count). The number of hydrogen-bond donors (Lipinski definition) is 1. The van der Waals surface area contributed by atoms with E-state index in [-0.39, 0.29) is 5.91 Å². The second kappa shape index (κ2) is 3.82. The number of carbonyl (C=O) groups is 1. The van der Waals surface area contributed by atoms with Crippen LogP contribution in [0.4, 0.5) is 0 Å². The number of nitrogens with one attached hydrogen (secondary N) is 1. The highest BCUT2D eigenvalue weighted by Gasteiger charge is 2.16. The first-order valence-electron chi connectivity index (χ1n) is 4.14. The van der Waals surface area contributed by atoms with Crippen molar-refractivity contribution in [2.45, 2.75) is 0 Å². The van der Waals surface area contributed by atoms with Crippen LogP contribution in [-0.4, -0.2) is 12.5 Å². The third-order valence-electron chi connectivity index (χ3n) is 1.87. The molecule has 72 valence electrons. The zero-order chi connectivity index (χ0) is 9.97. The van der Waals surface area contributed by atoms with Crippen molar-refractivity contribution in [1.29, 1.82) is 0 Å². The third-order valence-corrected chi connectivity index (χ3v) is 2.11. The molecule has 1 saturated heterocycles. The molecule has 0 atom stereocenters. The zero-order valence-electron chi connectivity index (χ0n) is 7.29. The minimum absolute atomic E-state index is 0.190. The van der Waals surface area contributed by atoms with E-state index in [9.17, 15) is 4.79 Å². The average molecular weight is 210 g/mol. The molecule has 0 bridgehead atoms. The molecular formula is C10H8ClNO2. The highest BCUT2D eigenvalue weighted by molar-refractivity contribution is 6.30. The predicted molar refractivity (Wildman–Crippen MR) is 53.5 cm³/mol. The summed E-state index contributed by atoms with van der Waals surface area (Å²) in [5.41, 5.74) is 3.76. The van der Waals surface area contributed by atoms with Gasteiger partial charge in [-0.1, -0.05) is 23.7 Å². The van der Waals surface area contributed by atoms with E-state index in [1.807, 2.05) is 12.1 Å². The summed E-state index contributed by atoms with van der Waals surface area (Å²) in [5, 5.41) is 0.652. The quantitative estimate of drug-likeness (QED) is 0.717. The van der Waals surface area contributed by atoms with E-state index < -0.39 is 0 Å². The Morgan fingerprint density at radius 2 is 2.36 bits per heavy atom. The summed E-state index contributed by atoms with van der Waals surface area (Å²) in [6.45, 7) is 0.297. The number of hydrogen-bond acceptors (Lipinski definition) is 2. The zero-order valence-corrected chi connectivity index (χ0v) is 8.04. The Labute approximate surface area is 86.3 Å². The molecular weight excluding hydrogens is 202 g/mol. The number of benzene rings is 1. The van der Waals surface area contributed by atoms with Crippen LogP contribution in [0.1, 0.15) is 5.56 Å². The van der Waals surface area contributed by atoms with E-state index in [1.165, 1.54) is 0 Å². The Bertz CT molecular complexity index is 401. The van der Waals surface area contributed by atoms with Crippen molar-refractivity contribution in [2.24, 2.45) is 0 Å². The Morgan fingerprint density at radius 3 is 3.00 bits per heavy atom.